The van der Waals surface area contributed by atoms with Gasteiger partial charge in [-0.3, -0.25) is 10.1 Å². The number of aromatic nitrogens is 2. The second-order valence-corrected chi connectivity index (χ2v) is 10.3. The number of hydrogen-bond donors (Lipinski definition) is 1. The minimum absolute atomic E-state index is 0.0285. The van der Waals surface area contributed by atoms with Gasteiger partial charge in [0.2, 0.25) is 0 Å². The van der Waals surface area contributed by atoms with Crippen LogP contribution in [0.1, 0.15) is 68.2 Å². The summed E-state index contributed by atoms with van der Waals surface area (Å²) in [6.45, 7) is 16.6. The number of nitro groups is 1. The van der Waals surface area contributed by atoms with Crippen molar-refractivity contribution in [3.05, 3.63) is 16.3 Å². The smallest absolute Gasteiger partial charge is 0.410 e. The van der Waals surface area contributed by atoms with E-state index >= 15 is 0 Å². The molecule has 0 unspecified atom stereocenters. The van der Waals surface area contributed by atoms with Gasteiger partial charge in [-0.1, -0.05) is 13.8 Å². The van der Waals surface area contributed by atoms with E-state index in [2.05, 4.69) is 9.97 Å². The topological polar surface area (TPSA) is 167 Å². The van der Waals surface area contributed by atoms with Crippen LogP contribution in [-0.4, -0.2) is 99.7 Å². The van der Waals surface area contributed by atoms with Crippen molar-refractivity contribution in [2.75, 3.05) is 46.5 Å². The Morgan fingerprint density at radius 2 is 1.44 bits per heavy atom. The maximum Gasteiger partial charge on any atom is 0.410 e. The highest BCUT2D eigenvalue weighted by molar-refractivity contribution is 5.68. The molecule has 1 rings (SSSR count). The predicted molar refractivity (Wildman–Crippen MR) is 144 cm³/mol. The van der Waals surface area contributed by atoms with E-state index in [0.29, 0.717) is 19.6 Å². The summed E-state index contributed by atoms with van der Waals surface area (Å²) in [5, 5.41) is 19.6. The van der Waals surface area contributed by atoms with Crippen molar-refractivity contribution >= 4 is 17.9 Å². The Bertz CT molecular complexity index is 895. The lowest BCUT2D eigenvalue weighted by molar-refractivity contribution is -0.386. The summed E-state index contributed by atoms with van der Waals surface area (Å²) in [7, 11) is 1.27. The molecule has 0 spiro atoms. The molecule has 0 aliphatic heterocycles. The minimum Gasteiger partial charge on any atom is -0.476 e. The number of carbonyl (C=O) groups is 2. The average molecular weight is 560 g/mol. The summed E-state index contributed by atoms with van der Waals surface area (Å²) in [4.78, 5) is 44.5. The Morgan fingerprint density at radius 1 is 0.949 bits per heavy atom. The summed E-state index contributed by atoms with van der Waals surface area (Å²) in [6.07, 6.45) is 1.85. The molecule has 224 valence electrons. The van der Waals surface area contributed by atoms with Crippen LogP contribution in [0.5, 0.6) is 11.9 Å². The molecule has 0 aliphatic rings. The second kappa shape index (κ2) is 17.2. The molecule has 0 fully saturated rings. The fourth-order valence-corrected chi connectivity index (χ4v) is 2.84. The van der Waals surface area contributed by atoms with Gasteiger partial charge in [-0.05, 0) is 54.4 Å². The standard InChI is InChI=1S/C15H24N4O6.C10H21NO3/c1-6-7-18(14(20)25-15(2,3)4)8-9-24-13-16-10-11(19(21)22)12(17-13)23-5;1-5-6-11(7-8-12)9(13)14-10(2,3)4/h10H,6-9H2,1-5H3;12H,5-8H2,1-4H3. The number of methoxy groups -OCH3 is 1. The van der Waals surface area contributed by atoms with Crippen molar-refractivity contribution in [3.8, 4) is 11.9 Å². The van der Waals surface area contributed by atoms with Crippen molar-refractivity contribution in [1.82, 2.24) is 19.8 Å². The molecular formula is C25H45N5O9. The van der Waals surface area contributed by atoms with Crippen molar-refractivity contribution in [2.45, 2.75) is 79.4 Å². The first-order valence-corrected chi connectivity index (χ1v) is 12.8. The van der Waals surface area contributed by atoms with Gasteiger partial charge in [0.15, 0.2) is 0 Å². The van der Waals surface area contributed by atoms with E-state index in [1.807, 2.05) is 34.6 Å². The Morgan fingerprint density at radius 3 is 1.82 bits per heavy atom. The van der Waals surface area contributed by atoms with Crippen LogP contribution in [0.3, 0.4) is 0 Å². The van der Waals surface area contributed by atoms with Gasteiger partial charge in [0.25, 0.3) is 5.88 Å². The molecule has 14 heteroatoms. The van der Waals surface area contributed by atoms with Crippen LogP contribution in [0.4, 0.5) is 15.3 Å². The van der Waals surface area contributed by atoms with E-state index in [-0.39, 0.29) is 43.4 Å². The molecule has 1 N–H and O–H groups in total. The molecule has 0 aromatic carbocycles. The SMILES string of the molecule is CCCN(CCO)C(=O)OC(C)(C)C.CCCN(CCOc1ncc([N+](=O)[O-])c(OC)n1)C(=O)OC(C)(C)C. The Kier molecular flexibility index (Phi) is 15.7. The zero-order chi connectivity index (χ0) is 30.2. The van der Waals surface area contributed by atoms with Crippen molar-refractivity contribution in [2.24, 2.45) is 0 Å². The lowest BCUT2D eigenvalue weighted by Gasteiger charge is -2.27. The third kappa shape index (κ3) is 15.6. The largest absolute Gasteiger partial charge is 0.476 e. The normalized spacial score (nSPS) is 11.0. The quantitative estimate of drug-likeness (QED) is 0.290. The number of ether oxygens (including phenoxy) is 4. The first kappa shape index (κ1) is 35.6. The van der Waals surface area contributed by atoms with Crippen molar-refractivity contribution in [3.63, 3.8) is 0 Å². The van der Waals surface area contributed by atoms with Crippen molar-refractivity contribution in [1.29, 1.82) is 0 Å². The summed E-state index contributed by atoms with van der Waals surface area (Å²) >= 11 is 0. The number of aliphatic hydroxyl groups is 1. The minimum atomic E-state index is -0.645. The monoisotopic (exact) mass is 559 g/mol. The third-order valence-corrected chi connectivity index (χ3v) is 4.36. The van der Waals surface area contributed by atoms with E-state index in [9.17, 15) is 19.7 Å². The van der Waals surface area contributed by atoms with Crippen LogP contribution < -0.4 is 9.47 Å². The van der Waals surface area contributed by atoms with Crippen LogP contribution in [-0.2, 0) is 9.47 Å². The van der Waals surface area contributed by atoms with Crippen LogP contribution in [0.2, 0.25) is 0 Å². The molecule has 1 heterocycles. The fraction of sp³-hybridized carbons (Fsp3) is 0.760. The molecule has 1 aromatic rings. The molecule has 0 bridgehead atoms. The number of nitrogens with zero attached hydrogens (tertiary/aromatic N) is 5. The number of rotatable bonds is 12. The van der Waals surface area contributed by atoms with Gasteiger partial charge in [0.1, 0.15) is 24.0 Å². The molecule has 2 amide bonds. The van der Waals surface area contributed by atoms with Crippen LogP contribution in [0, 0.1) is 10.1 Å². The molecular weight excluding hydrogens is 514 g/mol. The molecule has 0 atom stereocenters. The molecule has 0 saturated heterocycles. The summed E-state index contributed by atoms with van der Waals surface area (Å²) in [6, 6.07) is -0.0666. The molecule has 39 heavy (non-hydrogen) atoms. The summed E-state index contributed by atoms with van der Waals surface area (Å²) in [5.41, 5.74) is -1.41. The van der Waals surface area contributed by atoms with Gasteiger partial charge in [0, 0.05) is 19.6 Å². The Labute approximate surface area is 230 Å². The van der Waals surface area contributed by atoms with E-state index in [1.54, 1.807) is 20.8 Å². The second-order valence-electron chi connectivity index (χ2n) is 10.3. The van der Waals surface area contributed by atoms with Gasteiger partial charge < -0.3 is 33.9 Å². The zero-order valence-corrected chi connectivity index (χ0v) is 24.7. The molecule has 0 aliphatic carbocycles. The number of amides is 2. The average Bonchev–Trinajstić information content (AvgIpc) is 2.81. The van der Waals surface area contributed by atoms with E-state index in [1.165, 1.54) is 16.9 Å². The van der Waals surface area contributed by atoms with Crippen LogP contribution >= 0.6 is 0 Å². The number of carbonyl (C=O) groups excluding carboxylic acids is 2. The van der Waals surface area contributed by atoms with Crippen LogP contribution in [0.15, 0.2) is 6.20 Å². The molecule has 0 saturated carbocycles. The third-order valence-electron chi connectivity index (χ3n) is 4.36. The zero-order valence-electron chi connectivity index (χ0n) is 24.7. The van der Waals surface area contributed by atoms with Gasteiger partial charge in [0.05, 0.1) is 25.2 Å². The number of hydrogen-bond acceptors (Lipinski definition) is 11. The Balaban J connectivity index is 0.000000876. The highest BCUT2D eigenvalue weighted by Crippen LogP contribution is 2.24. The van der Waals surface area contributed by atoms with Gasteiger partial charge in [-0.25, -0.2) is 9.59 Å². The predicted octanol–water partition coefficient (Wildman–Crippen LogP) is 4.05. The molecule has 14 nitrogen and oxygen atoms in total. The lowest BCUT2D eigenvalue weighted by Crippen LogP contribution is -2.39. The maximum atomic E-state index is 12.1. The van der Waals surface area contributed by atoms with Crippen LogP contribution in [0.25, 0.3) is 0 Å². The highest BCUT2D eigenvalue weighted by atomic mass is 16.6. The molecule has 0 radical (unpaired) electrons. The highest BCUT2D eigenvalue weighted by Gasteiger charge is 2.23. The fourth-order valence-electron chi connectivity index (χ4n) is 2.84. The first-order chi connectivity index (χ1) is 18.1. The Hall–Kier alpha value is -3.42. The van der Waals surface area contributed by atoms with Gasteiger partial charge >= 0.3 is 23.9 Å². The van der Waals surface area contributed by atoms with E-state index in [0.717, 1.165) is 19.0 Å². The maximum absolute atomic E-state index is 12.1. The van der Waals surface area contributed by atoms with Gasteiger partial charge in [-0.15, -0.1) is 0 Å². The molecule has 1 aromatic heterocycles. The summed E-state index contributed by atoms with van der Waals surface area (Å²) in [5.74, 6) is -0.187. The lowest BCUT2D eigenvalue weighted by atomic mass is 10.2. The van der Waals surface area contributed by atoms with Gasteiger partial charge in [-0.2, -0.15) is 9.97 Å². The summed E-state index contributed by atoms with van der Waals surface area (Å²) < 4.78 is 20.7. The van der Waals surface area contributed by atoms with Crippen molar-refractivity contribution < 1.29 is 38.6 Å². The first-order valence-electron chi connectivity index (χ1n) is 12.8. The number of aliphatic hydroxyl groups excluding tert-OH is 1. The van der Waals surface area contributed by atoms with E-state index < -0.39 is 22.2 Å². The van der Waals surface area contributed by atoms with E-state index in [4.69, 9.17) is 24.1 Å².